The van der Waals surface area contributed by atoms with Gasteiger partial charge in [-0.05, 0) is 38.0 Å². The zero-order chi connectivity index (χ0) is 14.8. The number of nitrogens with two attached hydrogens (primary N) is 1. The number of unbranched alkanes of at least 4 members (excludes halogenated alkanes) is 3. The summed E-state index contributed by atoms with van der Waals surface area (Å²) in [6.07, 6.45) is 9.79. The number of nitrogens with zero attached hydrogens (tertiary/aromatic N) is 1. The first kappa shape index (κ1) is 17.4. The normalized spacial score (nSPS) is 18.2. The van der Waals surface area contributed by atoms with E-state index in [4.69, 9.17) is 10.8 Å². The first-order valence-electron chi connectivity index (χ1n) is 8.34. The molecule has 118 valence electrons. The molecule has 1 fully saturated rings. The van der Waals surface area contributed by atoms with E-state index in [1.165, 1.54) is 25.7 Å². The van der Waals surface area contributed by atoms with Crippen LogP contribution in [0.4, 0.5) is 0 Å². The molecule has 0 radical (unpaired) electrons. The van der Waals surface area contributed by atoms with Crippen LogP contribution in [0.15, 0.2) is 0 Å². The van der Waals surface area contributed by atoms with Crippen LogP contribution in [0.2, 0.25) is 0 Å². The minimum atomic E-state index is -0.377. The largest absolute Gasteiger partial charge is 0.396 e. The van der Waals surface area contributed by atoms with Crippen LogP contribution >= 0.6 is 0 Å². The Labute approximate surface area is 123 Å². The average molecular weight is 284 g/mol. The van der Waals surface area contributed by atoms with Gasteiger partial charge in [0, 0.05) is 19.7 Å². The van der Waals surface area contributed by atoms with Crippen LogP contribution < -0.4 is 5.73 Å². The van der Waals surface area contributed by atoms with Crippen LogP contribution in [0, 0.1) is 5.92 Å². The van der Waals surface area contributed by atoms with Crippen molar-refractivity contribution in [1.82, 2.24) is 4.90 Å². The van der Waals surface area contributed by atoms with E-state index in [1.807, 2.05) is 4.90 Å². The van der Waals surface area contributed by atoms with Crippen molar-refractivity contribution in [2.45, 2.75) is 70.8 Å². The molecule has 4 heteroatoms. The van der Waals surface area contributed by atoms with Crippen molar-refractivity contribution in [3.8, 4) is 0 Å². The molecule has 0 spiro atoms. The van der Waals surface area contributed by atoms with Crippen molar-refractivity contribution in [3.63, 3.8) is 0 Å². The Morgan fingerprint density at radius 3 is 2.55 bits per heavy atom. The summed E-state index contributed by atoms with van der Waals surface area (Å²) >= 11 is 0. The molecule has 1 heterocycles. The standard InChI is InChI=1S/C16H32N2O2/c1-2-3-4-7-14-9-11-18(12-10-14)16(20)15(17)8-5-6-13-19/h14-15,19H,2-13,17H2,1H3. The molecule has 0 aromatic heterocycles. The number of likely N-dealkylation sites (tertiary alicyclic amines) is 1. The van der Waals surface area contributed by atoms with Gasteiger partial charge in [0.25, 0.3) is 0 Å². The highest BCUT2D eigenvalue weighted by molar-refractivity contribution is 5.81. The highest BCUT2D eigenvalue weighted by atomic mass is 16.2. The van der Waals surface area contributed by atoms with E-state index in [-0.39, 0.29) is 18.6 Å². The molecular formula is C16H32N2O2. The second-order valence-corrected chi connectivity index (χ2v) is 6.09. The van der Waals surface area contributed by atoms with Gasteiger partial charge in [-0.15, -0.1) is 0 Å². The lowest BCUT2D eigenvalue weighted by Gasteiger charge is -2.33. The maximum Gasteiger partial charge on any atom is 0.239 e. The number of carbonyl (C=O) groups is 1. The van der Waals surface area contributed by atoms with Gasteiger partial charge in [0.1, 0.15) is 0 Å². The Balaban J connectivity index is 2.21. The lowest BCUT2D eigenvalue weighted by atomic mass is 9.91. The van der Waals surface area contributed by atoms with Crippen molar-refractivity contribution >= 4 is 5.91 Å². The molecule has 0 aromatic rings. The van der Waals surface area contributed by atoms with E-state index in [0.29, 0.717) is 6.42 Å². The molecule has 0 saturated carbocycles. The second-order valence-electron chi connectivity index (χ2n) is 6.09. The third-order valence-electron chi connectivity index (χ3n) is 4.38. The van der Waals surface area contributed by atoms with Crippen LogP contribution in [0.1, 0.15) is 64.7 Å². The number of rotatable bonds is 9. The van der Waals surface area contributed by atoms with Gasteiger partial charge in [0.2, 0.25) is 5.91 Å². The van der Waals surface area contributed by atoms with E-state index in [9.17, 15) is 4.79 Å². The number of carbonyl (C=O) groups excluding carboxylic acids is 1. The summed E-state index contributed by atoms with van der Waals surface area (Å²) in [5, 5.41) is 8.75. The number of aliphatic hydroxyl groups is 1. The third kappa shape index (κ3) is 6.23. The van der Waals surface area contributed by atoms with Crippen LogP contribution in [-0.4, -0.2) is 41.7 Å². The first-order valence-corrected chi connectivity index (χ1v) is 8.34. The number of amides is 1. The maximum absolute atomic E-state index is 12.2. The fourth-order valence-corrected chi connectivity index (χ4v) is 2.96. The average Bonchev–Trinajstić information content (AvgIpc) is 2.47. The van der Waals surface area contributed by atoms with Crippen LogP contribution in [0.5, 0.6) is 0 Å². The van der Waals surface area contributed by atoms with Crippen LogP contribution in [0.3, 0.4) is 0 Å². The second kappa shape index (κ2) is 10.2. The Bertz CT molecular complexity index is 263. The van der Waals surface area contributed by atoms with E-state index in [0.717, 1.165) is 44.7 Å². The lowest BCUT2D eigenvalue weighted by Crippen LogP contribution is -2.47. The molecule has 1 rings (SSSR count). The predicted octanol–water partition coefficient (Wildman–Crippen LogP) is 2.30. The number of hydrogen-bond donors (Lipinski definition) is 2. The summed E-state index contributed by atoms with van der Waals surface area (Å²) in [5.41, 5.74) is 5.95. The first-order chi connectivity index (χ1) is 9.69. The van der Waals surface area contributed by atoms with Gasteiger partial charge in [-0.2, -0.15) is 0 Å². The van der Waals surface area contributed by atoms with Crippen molar-refractivity contribution in [1.29, 1.82) is 0 Å². The summed E-state index contributed by atoms with van der Waals surface area (Å²) in [4.78, 5) is 14.1. The van der Waals surface area contributed by atoms with E-state index >= 15 is 0 Å². The van der Waals surface area contributed by atoms with Crippen molar-refractivity contribution in [2.24, 2.45) is 11.7 Å². The van der Waals surface area contributed by atoms with Gasteiger partial charge in [-0.1, -0.05) is 32.6 Å². The number of piperidine rings is 1. The molecule has 1 aliphatic heterocycles. The summed E-state index contributed by atoms with van der Waals surface area (Å²) in [6, 6.07) is -0.377. The third-order valence-corrected chi connectivity index (χ3v) is 4.38. The Morgan fingerprint density at radius 2 is 1.95 bits per heavy atom. The Kier molecular flexibility index (Phi) is 8.86. The molecule has 20 heavy (non-hydrogen) atoms. The summed E-state index contributed by atoms with van der Waals surface area (Å²) in [6.45, 7) is 4.18. The smallest absolute Gasteiger partial charge is 0.239 e. The summed E-state index contributed by atoms with van der Waals surface area (Å²) in [5.74, 6) is 0.908. The zero-order valence-electron chi connectivity index (χ0n) is 13.0. The molecular weight excluding hydrogens is 252 g/mol. The van der Waals surface area contributed by atoms with Gasteiger partial charge in [0.15, 0.2) is 0 Å². The predicted molar refractivity (Wildman–Crippen MR) is 82.4 cm³/mol. The molecule has 1 aliphatic rings. The molecule has 1 amide bonds. The molecule has 1 atom stereocenters. The molecule has 0 bridgehead atoms. The molecule has 3 N–H and O–H groups in total. The van der Waals surface area contributed by atoms with Gasteiger partial charge in [-0.3, -0.25) is 4.79 Å². The summed E-state index contributed by atoms with van der Waals surface area (Å²) < 4.78 is 0. The van der Waals surface area contributed by atoms with Crippen LogP contribution in [-0.2, 0) is 4.79 Å². The quantitative estimate of drug-likeness (QED) is 0.638. The highest BCUT2D eigenvalue weighted by Gasteiger charge is 2.25. The molecule has 4 nitrogen and oxygen atoms in total. The Morgan fingerprint density at radius 1 is 1.25 bits per heavy atom. The van der Waals surface area contributed by atoms with E-state index < -0.39 is 0 Å². The molecule has 0 aromatic carbocycles. The fourth-order valence-electron chi connectivity index (χ4n) is 2.96. The van der Waals surface area contributed by atoms with Crippen molar-refractivity contribution < 1.29 is 9.90 Å². The van der Waals surface area contributed by atoms with Crippen molar-refractivity contribution in [3.05, 3.63) is 0 Å². The SMILES string of the molecule is CCCCCC1CCN(C(=O)C(N)CCCCO)CC1. The van der Waals surface area contributed by atoms with Gasteiger partial charge in [-0.25, -0.2) is 0 Å². The van der Waals surface area contributed by atoms with Gasteiger partial charge < -0.3 is 15.7 Å². The lowest BCUT2D eigenvalue weighted by molar-refractivity contribution is -0.134. The number of hydrogen-bond acceptors (Lipinski definition) is 3. The molecule has 1 saturated heterocycles. The Hall–Kier alpha value is -0.610. The number of aliphatic hydroxyl groups excluding tert-OH is 1. The van der Waals surface area contributed by atoms with Gasteiger partial charge in [0.05, 0.1) is 6.04 Å². The maximum atomic E-state index is 12.2. The van der Waals surface area contributed by atoms with Crippen molar-refractivity contribution in [2.75, 3.05) is 19.7 Å². The van der Waals surface area contributed by atoms with Crippen LogP contribution in [0.25, 0.3) is 0 Å². The monoisotopic (exact) mass is 284 g/mol. The van der Waals surface area contributed by atoms with E-state index in [1.54, 1.807) is 0 Å². The summed E-state index contributed by atoms with van der Waals surface area (Å²) in [7, 11) is 0. The zero-order valence-corrected chi connectivity index (χ0v) is 13.0. The highest BCUT2D eigenvalue weighted by Crippen LogP contribution is 2.23. The minimum absolute atomic E-state index is 0.106. The molecule has 0 aliphatic carbocycles. The molecule has 1 unspecified atom stereocenters. The fraction of sp³-hybridized carbons (Fsp3) is 0.938. The van der Waals surface area contributed by atoms with E-state index in [2.05, 4.69) is 6.92 Å². The topological polar surface area (TPSA) is 66.6 Å². The minimum Gasteiger partial charge on any atom is -0.396 e. The van der Waals surface area contributed by atoms with Gasteiger partial charge >= 0.3 is 0 Å².